The molecule has 0 aliphatic carbocycles. The molecular weight excluding hydrogens is 198 g/mol. The molecule has 2 nitrogen and oxygen atoms in total. The maximum atomic E-state index is 11.6. The highest BCUT2D eigenvalue weighted by atomic mass is 16.1. The van der Waals surface area contributed by atoms with Gasteiger partial charge >= 0.3 is 0 Å². The molecule has 2 heteroatoms. The second-order valence-corrected chi connectivity index (χ2v) is 2.86. The maximum absolute atomic E-state index is 11.6. The Morgan fingerprint density at radius 3 is 2.25 bits per heavy atom. The number of hydrogen-bond donors (Lipinski definition) is 1. The van der Waals surface area contributed by atoms with E-state index in [4.69, 9.17) is 0 Å². The van der Waals surface area contributed by atoms with Crippen LogP contribution in [0.4, 0.5) is 0 Å². The summed E-state index contributed by atoms with van der Waals surface area (Å²) in [4.78, 5) is 11.6. The van der Waals surface area contributed by atoms with Gasteiger partial charge in [0.15, 0.2) is 0 Å². The topological polar surface area (TPSA) is 29.1 Å². The summed E-state index contributed by atoms with van der Waals surface area (Å²) < 4.78 is 0. The van der Waals surface area contributed by atoms with Gasteiger partial charge in [0.05, 0.1) is 0 Å². The van der Waals surface area contributed by atoms with E-state index in [1.807, 2.05) is 46.8 Å². The van der Waals surface area contributed by atoms with E-state index < -0.39 is 0 Å². The summed E-state index contributed by atoms with van der Waals surface area (Å²) in [6, 6.07) is 0. The van der Waals surface area contributed by atoms with E-state index in [1.54, 1.807) is 6.08 Å². The van der Waals surface area contributed by atoms with Gasteiger partial charge in [-0.05, 0) is 25.8 Å². The number of amides is 1. The van der Waals surface area contributed by atoms with Crippen molar-refractivity contribution in [3.05, 3.63) is 36.0 Å². The van der Waals surface area contributed by atoms with Crippen LogP contribution in [-0.2, 0) is 4.79 Å². The number of carbonyl (C=O) groups is 1. The molecule has 1 N–H and O–H groups in total. The molecule has 0 aromatic carbocycles. The molecule has 0 unspecified atom stereocenters. The molecule has 94 valence electrons. The first-order valence-electron chi connectivity index (χ1n) is 5.97. The van der Waals surface area contributed by atoms with Crippen LogP contribution in [0, 0.1) is 0 Å². The molecule has 16 heavy (non-hydrogen) atoms. The minimum Gasteiger partial charge on any atom is -0.352 e. The van der Waals surface area contributed by atoms with Crippen molar-refractivity contribution in [1.29, 1.82) is 0 Å². The van der Waals surface area contributed by atoms with Crippen molar-refractivity contribution < 1.29 is 6.22 Å². The number of nitrogens with one attached hydrogen (secondary N) is 1. The third-order valence-electron chi connectivity index (χ3n) is 1.89. The van der Waals surface area contributed by atoms with Gasteiger partial charge in [0, 0.05) is 13.5 Å². The van der Waals surface area contributed by atoms with Crippen LogP contribution >= 0.6 is 0 Å². The predicted octanol–water partition coefficient (Wildman–Crippen LogP) is 3.86. The predicted molar refractivity (Wildman–Crippen MR) is 74.5 cm³/mol. The maximum Gasteiger partial charge on any atom is 0.251 e. The van der Waals surface area contributed by atoms with E-state index in [2.05, 4.69) is 11.9 Å². The van der Waals surface area contributed by atoms with Crippen molar-refractivity contribution in [2.45, 2.75) is 41.0 Å². The Morgan fingerprint density at radius 2 is 1.94 bits per heavy atom. The minimum absolute atomic E-state index is 0. The smallest absolute Gasteiger partial charge is 0.251 e. The fraction of sp³-hybridized carbons (Fsp3) is 0.500. The van der Waals surface area contributed by atoms with Gasteiger partial charge in [0.25, 0.3) is 5.91 Å². The van der Waals surface area contributed by atoms with Gasteiger partial charge in [-0.3, -0.25) is 4.79 Å². The van der Waals surface area contributed by atoms with Crippen molar-refractivity contribution >= 4 is 5.91 Å². The number of likely N-dealkylation sites (N-methyl/N-ethyl adjacent to an activating group) is 1. The van der Waals surface area contributed by atoms with E-state index in [-0.39, 0.29) is 7.33 Å². The highest BCUT2D eigenvalue weighted by Gasteiger charge is 2.07. The molecule has 1 amide bonds. The first-order chi connectivity index (χ1) is 7.71. The van der Waals surface area contributed by atoms with Gasteiger partial charge in [-0.25, -0.2) is 0 Å². The van der Waals surface area contributed by atoms with Gasteiger partial charge in [0.1, 0.15) is 0 Å². The normalized spacial score (nSPS) is 11.3. The molecule has 0 spiro atoms. The van der Waals surface area contributed by atoms with E-state index >= 15 is 0 Å². The summed E-state index contributed by atoms with van der Waals surface area (Å²) in [6.45, 7) is 14.2. The summed E-state index contributed by atoms with van der Waals surface area (Å²) in [5.74, 6) is -0.0256. The highest BCUT2D eigenvalue weighted by molar-refractivity contribution is 5.97. The summed E-state index contributed by atoms with van der Waals surface area (Å²) in [5, 5.41) is 2.78. The number of rotatable bonds is 5. The molecule has 0 heterocycles. The Balaban J connectivity index is -0.000000616. The van der Waals surface area contributed by atoms with Crippen LogP contribution in [0.15, 0.2) is 36.0 Å². The zero-order chi connectivity index (χ0) is 13.0. The van der Waals surface area contributed by atoms with Gasteiger partial charge in [-0.1, -0.05) is 45.6 Å². The van der Waals surface area contributed by atoms with Crippen LogP contribution in [0.1, 0.15) is 42.5 Å². The standard InChI is InChI=1S/C12H19NO.C2H6.H2/c1-5-9-11(10(6-2)7-3)12(14)13-8-4;1-2;/h5-6,9H,2,7-8H2,1,3-4H3,(H,13,14);1-2H3;1H/b9-5-,11-10-;;. The first kappa shape index (κ1) is 17.1. The molecule has 0 rings (SSSR count). The van der Waals surface area contributed by atoms with Gasteiger partial charge in [-0.2, -0.15) is 0 Å². The van der Waals surface area contributed by atoms with Crippen LogP contribution in [0.5, 0.6) is 0 Å². The summed E-state index contributed by atoms with van der Waals surface area (Å²) in [5.41, 5.74) is 1.70. The number of carbonyl (C=O) groups excluding carboxylic acids is 1. The van der Waals surface area contributed by atoms with Crippen LogP contribution in [-0.4, -0.2) is 12.5 Å². The Morgan fingerprint density at radius 1 is 1.38 bits per heavy atom. The Bertz CT molecular complexity index is 267. The molecule has 0 bridgehead atoms. The Labute approximate surface area is 102 Å². The van der Waals surface area contributed by atoms with Gasteiger partial charge < -0.3 is 5.32 Å². The average Bonchev–Trinajstić information content (AvgIpc) is 2.32. The van der Waals surface area contributed by atoms with Crippen LogP contribution in [0.2, 0.25) is 0 Å². The van der Waals surface area contributed by atoms with Crippen molar-refractivity contribution in [1.82, 2.24) is 5.32 Å². The van der Waals surface area contributed by atoms with E-state index in [9.17, 15) is 4.79 Å². The molecule has 0 aliphatic heterocycles. The molecule has 0 aromatic heterocycles. The van der Waals surface area contributed by atoms with Gasteiger partial charge in [0.2, 0.25) is 0 Å². The van der Waals surface area contributed by atoms with Crippen LogP contribution in [0.25, 0.3) is 0 Å². The summed E-state index contributed by atoms with van der Waals surface area (Å²) in [7, 11) is 0. The van der Waals surface area contributed by atoms with Crippen LogP contribution < -0.4 is 5.32 Å². The molecule has 0 aromatic rings. The number of allylic oxidation sites excluding steroid dienone is 3. The summed E-state index contributed by atoms with van der Waals surface area (Å²) >= 11 is 0. The molecule has 0 atom stereocenters. The van der Waals surface area contributed by atoms with E-state index in [0.29, 0.717) is 12.1 Å². The highest BCUT2D eigenvalue weighted by Crippen LogP contribution is 2.11. The zero-order valence-corrected chi connectivity index (χ0v) is 11.3. The first-order valence-corrected chi connectivity index (χ1v) is 5.97. The lowest BCUT2D eigenvalue weighted by Crippen LogP contribution is -2.24. The Kier molecular flexibility index (Phi) is 12.6. The van der Waals surface area contributed by atoms with Gasteiger partial charge in [-0.15, -0.1) is 0 Å². The SMILES string of the molecule is C=C/C(CC)=C(\C=C/C)C(=O)NCC.CC.[HH]. The number of hydrogen-bond acceptors (Lipinski definition) is 1. The van der Waals surface area contributed by atoms with Crippen molar-refractivity contribution in [3.8, 4) is 0 Å². The lowest BCUT2D eigenvalue weighted by molar-refractivity contribution is -0.117. The van der Waals surface area contributed by atoms with E-state index in [0.717, 1.165) is 12.0 Å². The zero-order valence-electron chi connectivity index (χ0n) is 11.3. The quantitative estimate of drug-likeness (QED) is 0.558. The third-order valence-corrected chi connectivity index (χ3v) is 1.89. The van der Waals surface area contributed by atoms with Crippen LogP contribution in [0.3, 0.4) is 0 Å². The monoisotopic (exact) mass is 225 g/mol. The molecule has 0 aliphatic rings. The molecule has 0 radical (unpaired) electrons. The molecular formula is C14H27NO. The lowest BCUT2D eigenvalue weighted by atomic mass is 10.0. The molecule has 0 saturated heterocycles. The summed E-state index contributed by atoms with van der Waals surface area (Å²) in [6.07, 6.45) is 6.25. The fourth-order valence-electron chi connectivity index (χ4n) is 1.20. The Hall–Kier alpha value is -1.31. The minimum atomic E-state index is -0.0256. The van der Waals surface area contributed by atoms with Crippen molar-refractivity contribution in [2.75, 3.05) is 6.54 Å². The molecule has 0 fully saturated rings. The van der Waals surface area contributed by atoms with Crippen molar-refractivity contribution in [3.63, 3.8) is 0 Å². The second-order valence-electron chi connectivity index (χ2n) is 2.86. The average molecular weight is 225 g/mol. The van der Waals surface area contributed by atoms with Crippen molar-refractivity contribution in [2.24, 2.45) is 0 Å². The fourth-order valence-corrected chi connectivity index (χ4v) is 1.20. The van der Waals surface area contributed by atoms with E-state index in [1.165, 1.54) is 0 Å². The second kappa shape index (κ2) is 11.8. The third kappa shape index (κ3) is 6.23. The largest absolute Gasteiger partial charge is 0.352 e. The lowest BCUT2D eigenvalue weighted by Gasteiger charge is -2.07. The molecule has 0 saturated carbocycles.